The van der Waals surface area contributed by atoms with Crippen LogP contribution in [0.2, 0.25) is 0 Å². The molecule has 1 N–H and O–H groups in total. The van der Waals surface area contributed by atoms with Crippen LogP contribution in [0, 0.1) is 0 Å². The highest BCUT2D eigenvalue weighted by Gasteiger charge is 2.32. The number of hydroxylamine groups is 1. The maximum Gasteiger partial charge on any atom is 0.573 e. The van der Waals surface area contributed by atoms with Crippen LogP contribution in [0.5, 0.6) is 5.75 Å². The minimum absolute atomic E-state index is 0.0644. The summed E-state index contributed by atoms with van der Waals surface area (Å²) >= 11 is 0. The highest BCUT2D eigenvalue weighted by molar-refractivity contribution is 7.89. The molecular weight excluding hydrogens is 427 g/mol. The number of benzene rings is 1. The van der Waals surface area contributed by atoms with Crippen molar-refractivity contribution in [2.75, 3.05) is 32.8 Å². The number of nitrogens with one attached hydrogen (secondary N) is 1. The van der Waals surface area contributed by atoms with Crippen molar-refractivity contribution in [2.24, 2.45) is 0 Å². The first-order valence-electron chi connectivity index (χ1n) is 9.36. The van der Waals surface area contributed by atoms with Gasteiger partial charge in [0.1, 0.15) is 5.75 Å². The van der Waals surface area contributed by atoms with Crippen molar-refractivity contribution in [1.82, 2.24) is 14.7 Å². The fourth-order valence-corrected chi connectivity index (χ4v) is 4.55. The average Bonchev–Trinajstić information content (AvgIpc) is 3.22. The predicted molar refractivity (Wildman–Crippen MR) is 99.5 cm³/mol. The second-order valence-electron chi connectivity index (χ2n) is 6.84. The lowest BCUT2D eigenvalue weighted by Crippen LogP contribution is -2.37. The zero-order valence-electron chi connectivity index (χ0n) is 16.0. The minimum Gasteiger partial charge on any atom is -0.406 e. The van der Waals surface area contributed by atoms with E-state index in [0.29, 0.717) is 12.1 Å². The molecule has 12 heteroatoms. The van der Waals surface area contributed by atoms with Gasteiger partial charge in [-0.1, -0.05) is 0 Å². The van der Waals surface area contributed by atoms with E-state index in [1.54, 1.807) is 11.0 Å². The number of carbonyl (C=O) groups is 1. The second kappa shape index (κ2) is 9.23. The fraction of sp³-hybridized carbons (Fsp3) is 0.500. The summed E-state index contributed by atoms with van der Waals surface area (Å²) in [6, 6.07) is 4.05. The standard InChI is InChI=1S/C18H22F3N3O5S/c19-18(20,21)29-15-3-5-16(6-4-15)30(26,27)24-11-7-14(8-12-24)22-28-13-17(25)23-9-1-2-10-23/h3-7,22H,1-2,8-13H2. The lowest BCUT2D eigenvalue weighted by molar-refractivity contribution is -0.274. The first kappa shape index (κ1) is 22.4. The number of carbonyl (C=O) groups excluding carboxylic acids is 1. The molecule has 0 aromatic heterocycles. The Morgan fingerprint density at radius 2 is 1.77 bits per heavy atom. The van der Waals surface area contributed by atoms with Crippen molar-refractivity contribution in [3.63, 3.8) is 0 Å². The molecule has 1 aromatic carbocycles. The Balaban J connectivity index is 1.51. The molecule has 1 fully saturated rings. The largest absolute Gasteiger partial charge is 0.573 e. The molecule has 3 rings (SSSR count). The van der Waals surface area contributed by atoms with Gasteiger partial charge in [-0.2, -0.15) is 4.31 Å². The van der Waals surface area contributed by atoms with E-state index >= 15 is 0 Å². The number of amides is 1. The van der Waals surface area contributed by atoms with Crippen LogP contribution in [0.1, 0.15) is 19.3 Å². The number of alkyl halides is 3. The number of nitrogens with zero attached hydrogens (tertiary/aromatic N) is 2. The number of hydrogen-bond donors (Lipinski definition) is 1. The van der Waals surface area contributed by atoms with Gasteiger partial charge < -0.3 is 9.64 Å². The highest BCUT2D eigenvalue weighted by Crippen LogP contribution is 2.26. The molecule has 0 saturated carbocycles. The van der Waals surface area contributed by atoms with Crippen LogP contribution >= 0.6 is 0 Å². The van der Waals surface area contributed by atoms with Crippen molar-refractivity contribution in [1.29, 1.82) is 0 Å². The zero-order valence-corrected chi connectivity index (χ0v) is 16.8. The third-order valence-corrected chi connectivity index (χ3v) is 6.60. The van der Waals surface area contributed by atoms with E-state index in [4.69, 9.17) is 4.84 Å². The van der Waals surface area contributed by atoms with Crippen molar-refractivity contribution in [3.8, 4) is 5.75 Å². The number of hydrogen-bond acceptors (Lipinski definition) is 6. The van der Waals surface area contributed by atoms with Gasteiger partial charge in [-0.25, -0.2) is 8.42 Å². The van der Waals surface area contributed by atoms with Crippen LogP contribution in [-0.2, 0) is 19.7 Å². The van der Waals surface area contributed by atoms with Crippen LogP contribution < -0.4 is 10.2 Å². The van der Waals surface area contributed by atoms with Crippen molar-refractivity contribution in [3.05, 3.63) is 36.0 Å². The third-order valence-electron chi connectivity index (χ3n) is 4.72. The summed E-state index contributed by atoms with van der Waals surface area (Å²) in [5.41, 5.74) is 3.34. The summed E-state index contributed by atoms with van der Waals surface area (Å²) in [7, 11) is -3.87. The number of sulfonamides is 1. The van der Waals surface area contributed by atoms with Gasteiger partial charge in [-0.15, -0.1) is 13.2 Å². The van der Waals surface area contributed by atoms with Gasteiger partial charge in [0.15, 0.2) is 6.61 Å². The molecule has 1 saturated heterocycles. The third kappa shape index (κ3) is 5.86. The summed E-state index contributed by atoms with van der Waals surface area (Å²) < 4.78 is 67.0. The van der Waals surface area contributed by atoms with Gasteiger partial charge in [0.25, 0.3) is 5.91 Å². The summed E-state index contributed by atoms with van der Waals surface area (Å²) in [6.07, 6.45) is -0.892. The Bertz CT molecular complexity index is 881. The smallest absolute Gasteiger partial charge is 0.406 e. The Morgan fingerprint density at radius 3 is 2.33 bits per heavy atom. The molecule has 0 bridgehead atoms. The monoisotopic (exact) mass is 449 g/mol. The molecule has 1 aromatic rings. The molecule has 0 unspecified atom stereocenters. The van der Waals surface area contributed by atoms with Crippen LogP contribution in [0.3, 0.4) is 0 Å². The van der Waals surface area contributed by atoms with E-state index in [2.05, 4.69) is 10.2 Å². The molecule has 1 amide bonds. The molecule has 0 radical (unpaired) electrons. The molecular formula is C18H22F3N3O5S. The molecule has 166 valence electrons. The molecule has 0 atom stereocenters. The van der Waals surface area contributed by atoms with Crippen LogP contribution in [0.15, 0.2) is 40.9 Å². The lowest BCUT2D eigenvalue weighted by Gasteiger charge is -2.26. The number of halogens is 3. The topological polar surface area (TPSA) is 88.2 Å². The second-order valence-corrected chi connectivity index (χ2v) is 8.78. The molecule has 2 heterocycles. The summed E-state index contributed by atoms with van der Waals surface area (Å²) in [6.45, 7) is 1.59. The van der Waals surface area contributed by atoms with Gasteiger partial charge in [0, 0.05) is 38.3 Å². The van der Waals surface area contributed by atoms with Crippen molar-refractivity contribution >= 4 is 15.9 Å². The summed E-state index contributed by atoms with van der Waals surface area (Å²) in [5, 5.41) is 0. The Labute approximate surface area is 172 Å². The van der Waals surface area contributed by atoms with Gasteiger partial charge in [0.05, 0.1) is 4.90 Å². The Morgan fingerprint density at radius 1 is 1.10 bits per heavy atom. The van der Waals surface area contributed by atoms with Crippen LogP contribution in [0.25, 0.3) is 0 Å². The minimum atomic E-state index is -4.84. The van der Waals surface area contributed by atoms with Crippen molar-refractivity contribution in [2.45, 2.75) is 30.5 Å². The first-order valence-corrected chi connectivity index (χ1v) is 10.8. The molecule has 30 heavy (non-hydrogen) atoms. The van der Waals surface area contributed by atoms with Crippen LogP contribution in [-0.4, -0.2) is 62.7 Å². The number of rotatable bonds is 7. The summed E-state index contributed by atoms with van der Waals surface area (Å²) in [4.78, 5) is 18.7. The Kier molecular flexibility index (Phi) is 6.88. The van der Waals surface area contributed by atoms with Gasteiger partial charge >= 0.3 is 6.36 Å². The van der Waals surface area contributed by atoms with E-state index in [-0.39, 0.29) is 30.5 Å². The van der Waals surface area contributed by atoms with Gasteiger partial charge in [-0.05, 0) is 43.2 Å². The maximum atomic E-state index is 12.7. The zero-order chi connectivity index (χ0) is 21.8. The average molecular weight is 449 g/mol. The fourth-order valence-electron chi connectivity index (χ4n) is 3.17. The van der Waals surface area contributed by atoms with E-state index < -0.39 is 22.1 Å². The van der Waals surface area contributed by atoms with Crippen molar-refractivity contribution < 1.29 is 36.0 Å². The quantitative estimate of drug-likeness (QED) is 0.641. The molecule has 8 nitrogen and oxygen atoms in total. The lowest BCUT2D eigenvalue weighted by atomic mass is 10.2. The molecule has 0 aliphatic carbocycles. The summed E-state index contributed by atoms with van der Waals surface area (Å²) in [5.74, 6) is -0.592. The number of likely N-dealkylation sites (tertiary alicyclic amines) is 1. The van der Waals surface area contributed by atoms with Gasteiger partial charge in [-0.3, -0.25) is 15.1 Å². The molecule has 2 aliphatic heterocycles. The predicted octanol–water partition coefficient (Wildman–Crippen LogP) is 2.01. The number of ether oxygens (including phenoxy) is 1. The maximum absolute atomic E-state index is 12.7. The highest BCUT2D eigenvalue weighted by atomic mass is 32.2. The molecule has 0 spiro atoms. The normalized spacial score (nSPS) is 18.2. The first-order chi connectivity index (χ1) is 14.1. The van der Waals surface area contributed by atoms with E-state index in [1.807, 2.05) is 0 Å². The van der Waals surface area contributed by atoms with Gasteiger partial charge in [0.2, 0.25) is 10.0 Å². The van der Waals surface area contributed by atoms with E-state index in [1.165, 1.54) is 4.31 Å². The van der Waals surface area contributed by atoms with E-state index in [9.17, 15) is 26.4 Å². The Hall–Kier alpha value is -2.31. The molecule has 2 aliphatic rings. The SMILES string of the molecule is O=C(CONC1=CCN(S(=O)(=O)c2ccc(OC(F)(F)F)cc2)CC1)N1CCCC1. The van der Waals surface area contributed by atoms with E-state index in [0.717, 1.165) is 50.2 Å². The van der Waals surface area contributed by atoms with Crippen LogP contribution in [0.4, 0.5) is 13.2 Å².